The average Bonchev–Trinajstić information content (AvgIpc) is 2.68. The van der Waals surface area contributed by atoms with Gasteiger partial charge in [0.05, 0.1) is 0 Å². The summed E-state index contributed by atoms with van der Waals surface area (Å²) in [4.78, 5) is 40.9. The number of nitrogens with zero attached hydrogens (tertiary/aromatic N) is 1. The fraction of sp³-hybridized carbons (Fsp3) is 0.577. The van der Waals surface area contributed by atoms with Crippen LogP contribution in [-0.2, 0) is 14.3 Å². The third-order valence-corrected chi connectivity index (χ3v) is 4.84. The SMILES string of the molecule is C#Cc1ccc(C(C(=O)NC(C)(C)C)N(C(=O)C(C)NC(=O)OC(C)(C)C)C(C)CC)cc1. The van der Waals surface area contributed by atoms with Crippen LogP contribution in [0.3, 0.4) is 0 Å². The molecular weight excluding hydrogens is 418 g/mol. The van der Waals surface area contributed by atoms with Gasteiger partial charge in [-0.1, -0.05) is 25.0 Å². The van der Waals surface area contributed by atoms with E-state index in [4.69, 9.17) is 11.2 Å². The summed E-state index contributed by atoms with van der Waals surface area (Å²) in [5, 5.41) is 5.58. The smallest absolute Gasteiger partial charge is 0.408 e. The number of terminal acetylenes is 1. The van der Waals surface area contributed by atoms with Gasteiger partial charge in [0.15, 0.2) is 0 Å². The molecule has 33 heavy (non-hydrogen) atoms. The van der Waals surface area contributed by atoms with Crippen LogP contribution in [0.4, 0.5) is 4.79 Å². The molecule has 3 unspecified atom stereocenters. The number of nitrogens with one attached hydrogen (secondary N) is 2. The number of rotatable bonds is 7. The molecule has 1 aromatic rings. The van der Waals surface area contributed by atoms with Crippen molar-refractivity contribution in [1.82, 2.24) is 15.5 Å². The minimum absolute atomic E-state index is 0.275. The van der Waals surface area contributed by atoms with Gasteiger partial charge >= 0.3 is 6.09 Å². The molecule has 3 amide bonds. The van der Waals surface area contributed by atoms with Gasteiger partial charge in [0, 0.05) is 17.1 Å². The van der Waals surface area contributed by atoms with Crippen LogP contribution in [0, 0.1) is 12.3 Å². The van der Waals surface area contributed by atoms with E-state index in [1.165, 1.54) is 4.90 Å². The summed E-state index contributed by atoms with van der Waals surface area (Å²) in [6, 6.07) is 4.93. The summed E-state index contributed by atoms with van der Waals surface area (Å²) >= 11 is 0. The van der Waals surface area contributed by atoms with E-state index >= 15 is 0 Å². The first-order chi connectivity index (χ1) is 15.1. The lowest BCUT2D eigenvalue weighted by atomic mass is 9.97. The quantitative estimate of drug-likeness (QED) is 0.602. The zero-order chi connectivity index (χ0) is 25.6. The average molecular weight is 458 g/mol. The molecule has 182 valence electrons. The Labute approximate surface area is 198 Å². The van der Waals surface area contributed by atoms with Crippen molar-refractivity contribution in [1.29, 1.82) is 0 Å². The minimum Gasteiger partial charge on any atom is -0.444 e. The minimum atomic E-state index is -0.901. The zero-order valence-corrected chi connectivity index (χ0v) is 21.4. The molecule has 0 spiro atoms. The molecule has 0 aliphatic heterocycles. The molecule has 1 aromatic carbocycles. The van der Waals surface area contributed by atoms with E-state index in [2.05, 4.69) is 16.6 Å². The van der Waals surface area contributed by atoms with Crippen LogP contribution < -0.4 is 10.6 Å². The van der Waals surface area contributed by atoms with Gasteiger partial charge in [-0.25, -0.2) is 4.79 Å². The van der Waals surface area contributed by atoms with Crippen molar-refractivity contribution >= 4 is 17.9 Å². The monoisotopic (exact) mass is 457 g/mol. The third-order valence-electron chi connectivity index (χ3n) is 4.84. The Morgan fingerprint density at radius 2 is 1.61 bits per heavy atom. The molecule has 0 aliphatic rings. The molecule has 0 radical (unpaired) electrons. The van der Waals surface area contributed by atoms with E-state index < -0.39 is 29.3 Å². The molecule has 0 aromatic heterocycles. The van der Waals surface area contributed by atoms with Crippen LogP contribution in [0.1, 0.15) is 85.9 Å². The Kier molecular flexibility index (Phi) is 9.53. The summed E-state index contributed by atoms with van der Waals surface area (Å²) in [5.41, 5.74) is 0.111. The number of ether oxygens (including phenoxy) is 1. The number of carbonyl (C=O) groups excluding carboxylic acids is 3. The molecular formula is C26H39N3O4. The lowest BCUT2D eigenvalue weighted by molar-refractivity contribution is -0.145. The van der Waals surface area contributed by atoms with Crippen molar-refractivity contribution in [3.63, 3.8) is 0 Å². The van der Waals surface area contributed by atoms with E-state index in [-0.39, 0.29) is 17.9 Å². The van der Waals surface area contributed by atoms with E-state index in [9.17, 15) is 14.4 Å². The van der Waals surface area contributed by atoms with Crippen molar-refractivity contribution in [2.75, 3.05) is 0 Å². The Morgan fingerprint density at radius 1 is 1.06 bits per heavy atom. The van der Waals surface area contributed by atoms with Gasteiger partial charge in [-0.05, 0) is 79.5 Å². The van der Waals surface area contributed by atoms with Gasteiger partial charge < -0.3 is 20.3 Å². The van der Waals surface area contributed by atoms with Crippen molar-refractivity contribution in [3.05, 3.63) is 35.4 Å². The second kappa shape index (κ2) is 11.2. The normalized spacial score (nSPS) is 14.3. The zero-order valence-electron chi connectivity index (χ0n) is 21.4. The van der Waals surface area contributed by atoms with Crippen molar-refractivity contribution in [2.45, 2.75) is 98.0 Å². The highest BCUT2D eigenvalue weighted by Gasteiger charge is 2.38. The van der Waals surface area contributed by atoms with Crippen LogP contribution in [0.15, 0.2) is 24.3 Å². The molecule has 1 rings (SSSR count). The Hall–Kier alpha value is -3.01. The number of amides is 3. The van der Waals surface area contributed by atoms with Gasteiger partial charge in [0.25, 0.3) is 0 Å². The topological polar surface area (TPSA) is 87.7 Å². The van der Waals surface area contributed by atoms with Gasteiger partial charge in [-0.15, -0.1) is 6.42 Å². The fourth-order valence-corrected chi connectivity index (χ4v) is 3.20. The number of alkyl carbamates (subject to hydrolysis) is 1. The Morgan fingerprint density at radius 3 is 2.03 bits per heavy atom. The van der Waals surface area contributed by atoms with E-state index in [0.717, 1.165) is 0 Å². The highest BCUT2D eigenvalue weighted by Crippen LogP contribution is 2.27. The molecule has 0 saturated carbocycles. The summed E-state index contributed by atoms with van der Waals surface area (Å²) < 4.78 is 5.29. The largest absolute Gasteiger partial charge is 0.444 e. The first kappa shape index (κ1) is 28.0. The predicted molar refractivity (Wildman–Crippen MR) is 130 cm³/mol. The van der Waals surface area contributed by atoms with E-state index in [1.807, 2.05) is 34.6 Å². The first-order valence-corrected chi connectivity index (χ1v) is 11.3. The Balaban J connectivity index is 3.41. The second-order valence-corrected chi connectivity index (χ2v) is 10.3. The summed E-state index contributed by atoms with van der Waals surface area (Å²) in [7, 11) is 0. The van der Waals surface area contributed by atoms with Crippen LogP contribution >= 0.6 is 0 Å². The standard InChI is InChI=1S/C26H39N3O4/c1-11-17(3)29(23(31)18(4)27-24(32)33-26(8,9)10)21(22(30)28-25(5,6)7)20-15-13-19(12-2)14-16-20/h2,13-18,21H,11H2,1,3-10H3,(H,27,32)(H,28,30). The molecule has 0 bridgehead atoms. The Bertz CT molecular complexity index is 873. The van der Waals surface area contributed by atoms with Crippen LogP contribution in [0.25, 0.3) is 0 Å². The van der Waals surface area contributed by atoms with Crippen molar-refractivity contribution in [3.8, 4) is 12.3 Å². The maximum absolute atomic E-state index is 13.6. The number of benzene rings is 1. The predicted octanol–water partition coefficient (Wildman–Crippen LogP) is 4.16. The molecule has 0 saturated heterocycles. The van der Waals surface area contributed by atoms with Crippen LogP contribution in [-0.4, -0.2) is 46.0 Å². The maximum Gasteiger partial charge on any atom is 0.408 e. The van der Waals surface area contributed by atoms with E-state index in [1.54, 1.807) is 52.0 Å². The second-order valence-electron chi connectivity index (χ2n) is 10.3. The summed E-state index contributed by atoms with van der Waals surface area (Å²) in [6.45, 7) is 16.3. The van der Waals surface area contributed by atoms with Crippen molar-refractivity contribution in [2.24, 2.45) is 0 Å². The van der Waals surface area contributed by atoms with Gasteiger partial charge in [-0.2, -0.15) is 0 Å². The number of carbonyl (C=O) groups is 3. The van der Waals surface area contributed by atoms with Crippen LogP contribution in [0.5, 0.6) is 0 Å². The lowest BCUT2D eigenvalue weighted by Gasteiger charge is -2.38. The molecule has 3 atom stereocenters. The van der Waals surface area contributed by atoms with Gasteiger partial charge in [0.2, 0.25) is 11.8 Å². The summed E-state index contributed by atoms with van der Waals surface area (Å²) in [5.74, 6) is 1.87. The molecule has 0 fully saturated rings. The third kappa shape index (κ3) is 8.80. The molecule has 0 heterocycles. The highest BCUT2D eigenvalue weighted by atomic mass is 16.6. The highest BCUT2D eigenvalue weighted by molar-refractivity contribution is 5.92. The molecule has 7 heteroatoms. The van der Waals surface area contributed by atoms with E-state index in [0.29, 0.717) is 17.5 Å². The molecule has 2 N–H and O–H groups in total. The van der Waals surface area contributed by atoms with Gasteiger partial charge in [-0.3, -0.25) is 9.59 Å². The van der Waals surface area contributed by atoms with Crippen LogP contribution in [0.2, 0.25) is 0 Å². The fourth-order valence-electron chi connectivity index (χ4n) is 3.20. The number of hydrogen-bond acceptors (Lipinski definition) is 4. The van der Waals surface area contributed by atoms with Crippen molar-refractivity contribution < 1.29 is 19.1 Å². The molecule has 7 nitrogen and oxygen atoms in total. The lowest BCUT2D eigenvalue weighted by Crippen LogP contribution is -2.56. The summed E-state index contributed by atoms with van der Waals surface area (Å²) in [6.07, 6.45) is 5.41. The maximum atomic E-state index is 13.6. The first-order valence-electron chi connectivity index (χ1n) is 11.3. The van der Waals surface area contributed by atoms with Gasteiger partial charge in [0.1, 0.15) is 17.7 Å². The molecule has 0 aliphatic carbocycles. The number of hydrogen-bond donors (Lipinski definition) is 2.